The van der Waals surface area contributed by atoms with Gasteiger partial charge in [-0.05, 0) is 68.0 Å². The Hall–Kier alpha value is -3.71. The van der Waals surface area contributed by atoms with E-state index in [0.29, 0.717) is 18.0 Å². The number of nitrogens with one attached hydrogen (secondary N) is 1. The van der Waals surface area contributed by atoms with Crippen LogP contribution in [0.3, 0.4) is 0 Å². The molecule has 3 aromatic rings. The fourth-order valence-corrected chi connectivity index (χ4v) is 3.76. The first kappa shape index (κ1) is 20.6. The first-order valence-electron chi connectivity index (χ1n) is 9.86. The van der Waals surface area contributed by atoms with Gasteiger partial charge in [-0.15, -0.1) is 0 Å². The molecule has 7 heteroatoms. The number of hydrogen-bond acceptors (Lipinski definition) is 4. The minimum absolute atomic E-state index is 0.0145. The van der Waals surface area contributed by atoms with Gasteiger partial charge in [0.1, 0.15) is 11.3 Å². The zero-order chi connectivity index (χ0) is 22.0. The second-order valence-electron chi connectivity index (χ2n) is 7.01. The number of ether oxygens (including phenoxy) is 1. The van der Waals surface area contributed by atoms with Gasteiger partial charge in [0, 0.05) is 23.6 Å². The van der Waals surface area contributed by atoms with Gasteiger partial charge in [0.15, 0.2) is 5.11 Å². The van der Waals surface area contributed by atoms with E-state index in [-0.39, 0.29) is 10.7 Å². The molecule has 2 aromatic carbocycles. The van der Waals surface area contributed by atoms with Crippen LogP contribution in [0.5, 0.6) is 5.75 Å². The van der Waals surface area contributed by atoms with Crippen LogP contribution in [0.15, 0.2) is 72.4 Å². The van der Waals surface area contributed by atoms with Crippen LogP contribution < -0.4 is 15.0 Å². The molecule has 0 atom stereocenters. The summed E-state index contributed by atoms with van der Waals surface area (Å²) in [7, 11) is 0. The van der Waals surface area contributed by atoms with Crippen molar-refractivity contribution in [3.63, 3.8) is 0 Å². The number of anilines is 1. The summed E-state index contributed by atoms with van der Waals surface area (Å²) in [6.07, 6.45) is 3.48. The zero-order valence-electron chi connectivity index (χ0n) is 17.2. The van der Waals surface area contributed by atoms with Gasteiger partial charge in [0.2, 0.25) is 0 Å². The lowest BCUT2D eigenvalue weighted by Gasteiger charge is -2.29. The molecule has 0 bridgehead atoms. The molecule has 0 unspecified atom stereocenters. The predicted molar refractivity (Wildman–Crippen MR) is 124 cm³/mol. The maximum Gasteiger partial charge on any atom is 0.270 e. The lowest BCUT2D eigenvalue weighted by Crippen LogP contribution is -2.54. The summed E-state index contributed by atoms with van der Waals surface area (Å²) in [5, 5.41) is 2.66. The molecular formula is C24H21N3O3S. The van der Waals surface area contributed by atoms with Crippen LogP contribution >= 0.6 is 12.2 Å². The number of aryl methyl sites for hydroxylation is 1. The summed E-state index contributed by atoms with van der Waals surface area (Å²) in [4.78, 5) is 27.1. The van der Waals surface area contributed by atoms with Gasteiger partial charge >= 0.3 is 0 Å². The van der Waals surface area contributed by atoms with Crippen molar-refractivity contribution in [1.29, 1.82) is 0 Å². The number of thiocarbonyl (C=S) groups is 1. The third-order valence-corrected chi connectivity index (χ3v) is 5.15. The average molecular weight is 432 g/mol. The van der Waals surface area contributed by atoms with Crippen molar-refractivity contribution >= 4 is 40.9 Å². The van der Waals surface area contributed by atoms with Gasteiger partial charge in [0.25, 0.3) is 11.8 Å². The SMILES string of the molecule is CCOc1cccc(N2C(=O)/C(=C\c3cc(C)n(-c4ccccc4)c3)C(=O)NC2=S)c1. The molecule has 1 aliphatic heterocycles. The van der Waals surface area contributed by atoms with Crippen molar-refractivity contribution in [3.8, 4) is 11.4 Å². The minimum Gasteiger partial charge on any atom is -0.494 e. The van der Waals surface area contributed by atoms with Gasteiger partial charge in [-0.2, -0.15) is 0 Å². The molecule has 6 nitrogen and oxygen atoms in total. The van der Waals surface area contributed by atoms with Gasteiger partial charge in [-0.3, -0.25) is 19.8 Å². The maximum absolute atomic E-state index is 13.2. The zero-order valence-corrected chi connectivity index (χ0v) is 18.0. The largest absolute Gasteiger partial charge is 0.494 e. The molecule has 31 heavy (non-hydrogen) atoms. The van der Waals surface area contributed by atoms with Gasteiger partial charge in [0.05, 0.1) is 12.3 Å². The van der Waals surface area contributed by atoms with E-state index in [4.69, 9.17) is 17.0 Å². The standard InChI is InChI=1S/C24H21N3O3S/c1-3-30-20-11-7-10-19(14-20)27-23(29)21(22(28)25-24(27)31)13-17-12-16(2)26(15-17)18-8-5-4-6-9-18/h4-15H,3H2,1-2H3,(H,25,28,31)/b21-13-. The molecule has 4 rings (SSSR count). The smallest absolute Gasteiger partial charge is 0.270 e. The highest BCUT2D eigenvalue weighted by molar-refractivity contribution is 7.80. The number of carbonyl (C=O) groups is 2. The minimum atomic E-state index is -0.516. The third-order valence-electron chi connectivity index (χ3n) is 4.87. The van der Waals surface area contributed by atoms with Gasteiger partial charge in [-0.25, -0.2) is 0 Å². The van der Waals surface area contributed by atoms with Gasteiger partial charge in [-0.1, -0.05) is 24.3 Å². The molecule has 1 N–H and O–H groups in total. The number of nitrogens with zero attached hydrogens (tertiary/aromatic N) is 2. The lowest BCUT2D eigenvalue weighted by molar-refractivity contribution is -0.122. The molecule has 0 aliphatic carbocycles. The summed E-state index contributed by atoms with van der Waals surface area (Å²) in [5.74, 6) is -0.376. The van der Waals surface area contributed by atoms with E-state index < -0.39 is 11.8 Å². The van der Waals surface area contributed by atoms with Crippen LogP contribution in [0.1, 0.15) is 18.2 Å². The summed E-state index contributed by atoms with van der Waals surface area (Å²) in [6.45, 7) is 4.36. The van der Waals surface area contributed by atoms with E-state index in [1.165, 1.54) is 4.90 Å². The number of carbonyl (C=O) groups excluding carboxylic acids is 2. The second kappa shape index (κ2) is 8.57. The summed E-state index contributed by atoms with van der Waals surface area (Å²) in [6, 6.07) is 18.8. The fraction of sp³-hybridized carbons (Fsp3) is 0.125. The quantitative estimate of drug-likeness (QED) is 0.377. The van der Waals surface area contributed by atoms with Gasteiger partial charge < -0.3 is 9.30 Å². The van der Waals surface area contributed by atoms with Crippen LogP contribution in [0, 0.1) is 6.92 Å². The Labute approximate surface area is 185 Å². The van der Waals surface area contributed by atoms with Crippen molar-refractivity contribution in [2.45, 2.75) is 13.8 Å². The van der Waals surface area contributed by atoms with Crippen LogP contribution in [0.2, 0.25) is 0 Å². The van der Waals surface area contributed by atoms with Crippen molar-refractivity contribution in [2.75, 3.05) is 11.5 Å². The van der Waals surface area contributed by atoms with Crippen LogP contribution in [0.4, 0.5) is 5.69 Å². The van der Waals surface area contributed by atoms with Crippen molar-refractivity contribution in [2.24, 2.45) is 0 Å². The van der Waals surface area contributed by atoms with E-state index in [2.05, 4.69) is 5.32 Å². The van der Waals surface area contributed by atoms with Crippen LogP contribution in [-0.4, -0.2) is 28.1 Å². The highest BCUT2D eigenvalue weighted by Gasteiger charge is 2.34. The molecule has 2 amide bonds. The van der Waals surface area contributed by atoms with E-state index in [0.717, 1.165) is 16.9 Å². The molecule has 1 fully saturated rings. The number of aromatic nitrogens is 1. The summed E-state index contributed by atoms with van der Waals surface area (Å²) in [5.41, 5.74) is 3.28. The number of hydrogen-bond donors (Lipinski definition) is 1. The molecule has 1 aliphatic rings. The second-order valence-corrected chi connectivity index (χ2v) is 7.40. The monoisotopic (exact) mass is 431 g/mol. The van der Waals surface area contributed by atoms with Crippen molar-refractivity contribution in [1.82, 2.24) is 9.88 Å². The molecule has 156 valence electrons. The molecule has 1 saturated heterocycles. The maximum atomic E-state index is 13.2. The van der Waals surface area contributed by atoms with E-state index in [1.807, 2.05) is 61.0 Å². The number of benzene rings is 2. The Balaban J connectivity index is 1.69. The first-order chi connectivity index (χ1) is 15.0. The normalized spacial score (nSPS) is 15.4. The fourth-order valence-electron chi connectivity index (χ4n) is 3.48. The molecular weight excluding hydrogens is 410 g/mol. The summed E-state index contributed by atoms with van der Waals surface area (Å²) >= 11 is 5.28. The highest BCUT2D eigenvalue weighted by Crippen LogP contribution is 2.26. The Bertz CT molecular complexity index is 1200. The molecule has 0 radical (unpaired) electrons. The molecule has 2 heterocycles. The summed E-state index contributed by atoms with van der Waals surface area (Å²) < 4.78 is 7.53. The van der Waals surface area contributed by atoms with Crippen LogP contribution in [-0.2, 0) is 9.59 Å². The first-order valence-corrected chi connectivity index (χ1v) is 10.3. The average Bonchev–Trinajstić information content (AvgIpc) is 3.12. The van der Waals surface area contributed by atoms with E-state index in [1.54, 1.807) is 30.3 Å². The Morgan fingerprint density at radius 2 is 1.77 bits per heavy atom. The third kappa shape index (κ3) is 4.13. The van der Waals surface area contributed by atoms with Crippen molar-refractivity contribution < 1.29 is 14.3 Å². The van der Waals surface area contributed by atoms with Crippen molar-refractivity contribution in [3.05, 3.63) is 83.7 Å². The molecule has 0 spiro atoms. The number of rotatable bonds is 5. The Morgan fingerprint density at radius 3 is 2.52 bits per heavy atom. The number of amides is 2. The molecule has 0 saturated carbocycles. The Morgan fingerprint density at radius 1 is 1.03 bits per heavy atom. The Kier molecular flexibility index (Phi) is 5.68. The van der Waals surface area contributed by atoms with E-state index >= 15 is 0 Å². The predicted octanol–water partition coefficient (Wildman–Crippen LogP) is 4.02. The molecule has 1 aromatic heterocycles. The topological polar surface area (TPSA) is 63.6 Å². The highest BCUT2D eigenvalue weighted by atomic mass is 32.1. The number of para-hydroxylation sites is 1. The lowest BCUT2D eigenvalue weighted by atomic mass is 10.1. The van der Waals surface area contributed by atoms with Crippen LogP contribution in [0.25, 0.3) is 11.8 Å². The van der Waals surface area contributed by atoms with E-state index in [9.17, 15) is 9.59 Å².